The Kier molecular flexibility index (Phi) is 5.46. The number of allylic oxidation sites excluding steroid dienone is 1. The van der Waals surface area contributed by atoms with Crippen molar-refractivity contribution in [2.75, 3.05) is 18.3 Å². The summed E-state index contributed by atoms with van der Waals surface area (Å²) in [5.74, 6) is -1.34. The molecule has 138 valence electrons. The van der Waals surface area contributed by atoms with E-state index in [4.69, 9.17) is 4.74 Å². The molecule has 1 aliphatic rings. The highest BCUT2D eigenvalue weighted by Gasteiger charge is 2.37. The van der Waals surface area contributed by atoms with E-state index in [1.54, 1.807) is 24.8 Å². The van der Waals surface area contributed by atoms with E-state index in [-0.39, 0.29) is 17.1 Å². The summed E-state index contributed by atoms with van der Waals surface area (Å²) >= 11 is 1.62. The van der Waals surface area contributed by atoms with E-state index in [0.29, 0.717) is 11.4 Å². The zero-order valence-corrected chi connectivity index (χ0v) is 16.0. The number of carbonyl (C=O) groups is 2. The molecular formula is C21H18FNO3S. The molecule has 3 rings (SSSR count). The number of nitrogens with zero attached hydrogens (tertiary/aromatic N) is 1. The third-order valence-corrected chi connectivity index (χ3v) is 5.04. The largest absolute Gasteiger partial charge is 0.465 e. The van der Waals surface area contributed by atoms with Crippen molar-refractivity contribution < 1.29 is 18.7 Å². The van der Waals surface area contributed by atoms with E-state index >= 15 is 0 Å². The second kappa shape index (κ2) is 7.80. The van der Waals surface area contributed by atoms with Gasteiger partial charge in [-0.15, -0.1) is 11.8 Å². The molecule has 1 heterocycles. The fourth-order valence-corrected chi connectivity index (χ4v) is 3.36. The van der Waals surface area contributed by atoms with Crippen LogP contribution in [0.3, 0.4) is 0 Å². The predicted octanol–water partition coefficient (Wildman–Crippen LogP) is 4.42. The lowest BCUT2D eigenvalue weighted by Crippen LogP contribution is -2.24. The van der Waals surface area contributed by atoms with Gasteiger partial charge in [0.25, 0.3) is 5.91 Å². The summed E-state index contributed by atoms with van der Waals surface area (Å²) in [6.45, 7) is 1.67. The zero-order valence-electron chi connectivity index (χ0n) is 15.2. The highest BCUT2D eigenvalue weighted by molar-refractivity contribution is 7.98. The molecule has 0 radical (unpaired) electrons. The lowest BCUT2D eigenvalue weighted by Gasteiger charge is -2.17. The van der Waals surface area contributed by atoms with Crippen molar-refractivity contribution in [3.05, 3.63) is 76.8 Å². The molecule has 0 aromatic heterocycles. The molecule has 0 unspecified atom stereocenters. The molecule has 0 spiro atoms. The Morgan fingerprint density at radius 2 is 1.74 bits per heavy atom. The number of anilines is 1. The number of rotatable bonds is 4. The van der Waals surface area contributed by atoms with Crippen molar-refractivity contribution in [3.8, 4) is 0 Å². The molecule has 4 nitrogen and oxygen atoms in total. The summed E-state index contributed by atoms with van der Waals surface area (Å²) < 4.78 is 18.1. The van der Waals surface area contributed by atoms with Gasteiger partial charge in [0.15, 0.2) is 0 Å². The Morgan fingerprint density at radius 1 is 1.11 bits per heavy atom. The molecule has 0 N–H and O–H groups in total. The third-order valence-electron chi connectivity index (χ3n) is 4.30. The molecule has 2 aromatic carbocycles. The van der Waals surface area contributed by atoms with Crippen LogP contribution in [-0.4, -0.2) is 25.2 Å². The number of esters is 1. The summed E-state index contributed by atoms with van der Waals surface area (Å²) in [7, 11) is 1.28. The van der Waals surface area contributed by atoms with Gasteiger partial charge in [0.2, 0.25) is 0 Å². The zero-order chi connectivity index (χ0) is 19.6. The molecule has 0 fully saturated rings. The van der Waals surface area contributed by atoms with Crippen LogP contribution in [0.15, 0.2) is 70.3 Å². The number of ether oxygens (including phenoxy) is 1. The van der Waals surface area contributed by atoms with Crippen LogP contribution in [0.1, 0.15) is 12.5 Å². The topological polar surface area (TPSA) is 46.6 Å². The van der Waals surface area contributed by atoms with Crippen molar-refractivity contribution in [1.82, 2.24) is 0 Å². The average Bonchev–Trinajstić information content (AvgIpc) is 2.92. The van der Waals surface area contributed by atoms with E-state index in [9.17, 15) is 14.0 Å². The Morgan fingerprint density at radius 3 is 2.30 bits per heavy atom. The summed E-state index contributed by atoms with van der Waals surface area (Å²) in [4.78, 5) is 27.9. The van der Waals surface area contributed by atoms with Crippen LogP contribution in [0.4, 0.5) is 10.1 Å². The van der Waals surface area contributed by atoms with Gasteiger partial charge in [0.05, 0.1) is 18.3 Å². The van der Waals surface area contributed by atoms with Gasteiger partial charge in [0.1, 0.15) is 5.82 Å². The molecular weight excluding hydrogens is 365 g/mol. The summed E-state index contributed by atoms with van der Waals surface area (Å²) in [5, 5.41) is 0. The van der Waals surface area contributed by atoms with Gasteiger partial charge in [-0.25, -0.2) is 9.18 Å². The molecule has 27 heavy (non-hydrogen) atoms. The average molecular weight is 383 g/mol. The van der Waals surface area contributed by atoms with E-state index in [0.717, 1.165) is 10.5 Å². The first-order valence-corrected chi connectivity index (χ1v) is 9.44. The third kappa shape index (κ3) is 3.66. The second-order valence-electron chi connectivity index (χ2n) is 5.90. The summed E-state index contributed by atoms with van der Waals surface area (Å²) in [5.41, 5.74) is 2.19. The van der Waals surface area contributed by atoms with Crippen LogP contribution in [0.2, 0.25) is 0 Å². The number of thioether (sulfide) groups is 1. The molecule has 1 aliphatic heterocycles. The van der Waals surface area contributed by atoms with Crippen molar-refractivity contribution in [2.45, 2.75) is 11.8 Å². The molecule has 6 heteroatoms. The Hall–Kier alpha value is -2.86. The first-order valence-electron chi connectivity index (χ1n) is 8.21. The molecule has 1 amide bonds. The number of methoxy groups -OCH3 is 1. The van der Waals surface area contributed by atoms with Crippen LogP contribution in [0.25, 0.3) is 6.08 Å². The summed E-state index contributed by atoms with van der Waals surface area (Å²) in [6.07, 6.45) is 3.65. The van der Waals surface area contributed by atoms with Crippen LogP contribution in [0.5, 0.6) is 0 Å². The lowest BCUT2D eigenvalue weighted by atomic mass is 10.0. The van der Waals surface area contributed by atoms with E-state index in [1.807, 2.05) is 30.5 Å². The number of halogens is 1. The van der Waals surface area contributed by atoms with Gasteiger partial charge >= 0.3 is 5.97 Å². The van der Waals surface area contributed by atoms with Gasteiger partial charge in [-0.1, -0.05) is 12.1 Å². The number of carbonyl (C=O) groups excluding carboxylic acids is 2. The van der Waals surface area contributed by atoms with Crippen LogP contribution in [-0.2, 0) is 14.3 Å². The molecule has 0 saturated carbocycles. The first kappa shape index (κ1) is 18.9. The Labute approximate surface area is 161 Å². The number of benzene rings is 2. The van der Waals surface area contributed by atoms with Gasteiger partial charge in [-0.3, -0.25) is 9.69 Å². The van der Waals surface area contributed by atoms with Gasteiger partial charge in [-0.05, 0) is 61.2 Å². The first-order chi connectivity index (χ1) is 13.0. The Balaban J connectivity index is 2.09. The number of hydrogen-bond acceptors (Lipinski definition) is 4. The minimum Gasteiger partial charge on any atom is -0.465 e. The number of amides is 1. The van der Waals surface area contributed by atoms with Gasteiger partial charge in [0, 0.05) is 16.3 Å². The molecule has 0 saturated heterocycles. The van der Waals surface area contributed by atoms with Crippen LogP contribution in [0, 0.1) is 5.82 Å². The molecule has 0 aliphatic carbocycles. The quantitative estimate of drug-likeness (QED) is 0.445. The predicted molar refractivity (Wildman–Crippen MR) is 105 cm³/mol. The highest BCUT2D eigenvalue weighted by Crippen LogP contribution is 2.35. The maximum absolute atomic E-state index is 13.3. The standard InChI is InChI=1S/C21H18FNO3S/c1-13-19(21(25)26-2)18(12-14-4-10-17(27-3)11-5-14)20(24)23(13)16-8-6-15(22)7-9-16/h4-12H,1-3H3/b18-12-. The van der Waals surface area contributed by atoms with Gasteiger partial charge in [-0.2, -0.15) is 0 Å². The van der Waals surface area contributed by atoms with Crippen molar-refractivity contribution in [3.63, 3.8) is 0 Å². The molecule has 2 aromatic rings. The van der Waals surface area contributed by atoms with Gasteiger partial charge < -0.3 is 4.74 Å². The summed E-state index contributed by atoms with van der Waals surface area (Å²) in [6, 6.07) is 13.2. The van der Waals surface area contributed by atoms with E-state index < -0.39 is 11.8 Å². The minimum atomic E-state index is -0.586. The maximum atomic E-state index is 13.3. The van der Waals surface area contributed by atoms with E-state index in [2.05, 4.69) is 0 Å². The fraction of sp³-hybridized carbons (Fsp3) is 0.143. The Bertz CT molecular complexity index is 946. The smallest absolute Gasteiger partial charge is 0.340 e. The van der Waals surface area contributed by atoms with Crippen molar-refractivity contribution in [2.24, 2.45) is 0 Å². The van der Waals surface area contributed by atoms with Crippen LogP contribution >= 0.6 is 11.8 Å². The molecule has 0 bridgehead atoms. The molecule has 0 atom stereocenters. The fourth-order valence-electron chi connectivity index (χ4n) is 2.95. The van der Waals surface area contributed by atoms with E-state index in [1.165, 1.54) is 36.3 Å². The van der Waals surface area contributed by atoms with Crippen LogP contribution < -0.4 is 4.90 Å². The number of hydrogen-bond donors (Lipinski definition) is 0. The van der Waals surface area contributed by atoms with Crippen molar-refractivity contribution >= 4 is 35.4 Å². The van der Waals surface area contributed by atoms with Crippen molar-refractivity contribution in [1.29, 1.82) is 0 Å². The second-order valence-corrected chi connectivity index (χ2v) is 6.78. The minimum absolute atomic E-state index is 0.209. The monoisotopic (exact) mass is 383 g/mol. The highest BCUT2D eigenvalue weighted by atomic mass is 32.2. The maximum Gasteiger partial charge on any atom is 0.340 e. The SMILES string of the molecule is COC(=O)C1=C(C)N(c2ccc(F)cc2)C(=O)/C1=C\c1ccc(SC)cc1. The normalized spacial score (nSPS) is 15.6. The lowest BCUT2D eigenvalue weighted by molar-refractivity contribution is -0.136.